The van der Waals surface area contributed by atoms with Crippen molar-refractivity contribution in [2.45, 2.75) is 10.8 Å². The van der Waals surface area contributed by atoms with Crippen molar-refractivity contribution in [3.63, 3.8) is 0 Å². The zero-order valence-electron chi connectivity index (χ0n) is 10.7. The van der Waals surface area contributed by atoms with Gasteiger partial charge in [-0.15, -0.1) is 11.8 Å². The van der Waals surface area contributed by atoms with E-state index in [0.717, 1.165) is 21.5 Å². The second kappa shape index (κ2) is 5.38. The normalized spacial score (nSPS) is 10.8. The number of hydrogen-bond donors (Lipinski definition) is 2. The van der Waals surface area contributed by atoms with Crippen molar-refractivity contribution in [1.82, 2.24) is 9.97 Å². The van der Waals surface area contributed by atoms with Gasteiger partial charge in [0, 0.05) is 22.4 Å². The predicted molar refractivity (Wildman–Crippen MR) is 81.6 cm³/mol. The van der Waals surface area contributed by atoms with Crippen LogP contribution in [0.1, 0.15) is 5.56 Å². The molecule has 0 saturated heterocycles. The van der Waals surface area contributed by atoms with Crippen LogP contribution < -0.4 is 5.73 Å². The van der Waals surface area contributed by atoms with Crippen LogP contribution >= 0.6 is 11.8 Å². The summed E-state index contributed by atoms with van der Waals surface area (Å²) < 4.78 is 0. The Morgan fingerprint density at radius 3 is 2.85 bits per heavy atom. The van der Waals surface area contributed by atoms with Crippen LogP contribution in [-0.2, 0) is 5.75 Å². The maximum atomic E-state index is 9.82. The number of hydrogen-bond acceptors (Lipinski definition) is 5. The fourth-order valence-corrected chi connectivity index (χ4v) is 2.94. The average Bonchev–Trinajstić information content (AvgIpc) is 2.48. The lowest BCUT2D eigenvalue weighted by Gasteiger charge is -2.07. The summed E-state index contributed by atoms with van der Waals surface area (Å²) >= 11 is 1.56. The maximum Gasteiger partial charge on any atom is 0.119 e. The summed E-state index contributed by atoms with van der Waals surface area (Å²) in [4.78, 5) is 8.55. The van der Waals surface area contributed by atoms with E-state index in [4.69, 9.17) is 5.73 Å². The highest BCUT2D eigenvalue weighted by atomic mass is 32.2. The second-order valence-corrected chi connectivity index (χ2v) is 5.34. The van der Waals surface area contributed by atoms with Crippen LogP contribution in [0.5, 0.6) is 5.75 Å². The third-order valence-electron chi connectivity index (χ3n) is 2.97. The Morgan fingerprint density at radius 1 is 1.10 bits per heavy atom. The smallest absolute Gasteiger partial charge is 0.119 e. The van der Waals surface area contributed by atoms with Crippen LogP contribution in [0, 0.1) is 0 Å². The minimum atomic E-state index is 0.255. The van der Waals surface area contributed by atoms with Crippen LogP contribution in [-0.4, -0.2) is 15.1 Å². The topological polar surface area (TPSA) is 72.0 Å². The van der Waals surface area contributed by atoms with Crippen molar-refractivity contribution in [3.8, 4) is 5.75 Å². The molecule has 0 fully saturated rings. The second-order valence-electron chi connectivity index (χ2n) is 4.37. The molecule has 1 aromatic heterocycles. The number of nitrogens with two attached hydrogens (primary N) is 1. The van der Waals surface area contributed by atoms with E-state index in [-0.39, 0.29) is 5.75 Å². The monoisotopic (exact) mass is 283 g/mol. The maximum absolute atomic E-state index is 9.82. The fourth-order valence-electron chi connectivity index (χ4n) is 1.96. The molecular formula is C15H13N3OS. The van der Waals surface area contributed by atoms with E-state index in [1.165, 1.54) is 0 Å². The number of thioether (sulfide) groups is 1. The number of nitrogen functional groups attached to an aromatic ring is 1. The van der Waals surface area contributed by atoms with E-state index in [1.54, 1.807) is 36.3 Å². The number of phenolic OH excluding ortho intramolecular Hbond substituents is 1. The predicted octanol–water partition coefficient (Wildman–Crippen LogP) is 3.21. The molecule has 3 rings (SSSR count). The molecule has 0 spiro atoms. The number of anilines is 1. The van der Waals surface area contributed by atoms with E-state index in [1.807, 2.05) is 24.3 Å². The summed E-state index contributed by atoms with van der Waals surface area (Å²) in [5.41, 5.74) is 8.11. The highest BCUT2D eigenvalue weighted by Gasteiger charge is 2.07. The van der Waals surface area contributed by atoms with Crippen LogP contribution in [0.25, 0.3) is 10.9 Å². The highest BCUT2D eigenvalue weighted by molar-refractivity contribution is 7.98. The Balaban J connectivity index is 1.89. The molecule has 100 valence electrons. The van der Waals surface area contributed by atoms with Gasteiger partial charge in [-0.05, 0) is 24.3 Å². The standard InChI is InChI=1S/C15H13N3OS/c16-11-5-6-14(19)10(7-11)8-20-15-12-3-1-2-4-13(12)17-9-18-15/h1-7,9,19H,8,16H2. The lowest BCUT2D eigenvalue weighted by molar-refractivity contribution is 0.471. The highest BCUT2D eigenvalue weighted by Crippen LogP contribution is 2.30. The largest absolute Gasteiger partial charge is 0.508 e. The third kappa shape index (κ3) is 2.53. The number of aromatic nitrogens is 2. The first kappa shape index (κ1) is 12.7. The molecule has 0 saturated carbocycles. The Kier molecular flexibility index (Phi) is 3.43. The molecule has 3 N–H and O–H groups in total. The molecule has 3 aromatic rings. The van der Waals surface area contributed by atoms with Gasteiger partial charge < -0.3 is 10.8 Å². The number of nitrogens with zero attached hydrogens (tertiary/aromatic N) is 2. The zero-order chi connectivity index (χ0) is 13.9. The van der Waals surface area contributed by atoms with Crippen LogP contribution in [0.4, 0.5) is 5.69 Å². The zero-order valence-corrected chi connectivity index (χ0v) is 11.5. The van der Waals surface area contributed by atoms with Gasteiger partial charge in [0.2, 0.25) is 0 Å². The average molecular weight is 283 g/mol. The SMILES string of the molecule is Nc1ccc(O)c(CSc2ncnc3ccccc23)c1. The third-order valence-corrected chi connectivity index (χ3v) is 4.03. The number of para-hydroxylation sites is 1. The molecular weight excluding hydrogens is 270 g/mol. The van der Waals surface area contributed by atoms with E-state index < -0.39 is 0 Å². The molecule has 0 radical (unpaired) electrons. The Morgan fingerprint density at radius 2 is 1.95 bits per heavy atom. The van der Waals surface area contributed by atoms with Gasteiger partial charge in [-0.1, -0.05) is 18.2 Å². The van der Waals surface area contributed by atoms with E-state index in [0.29, 0.717) is 11.4 Å². The van der Waals surface area contributed by atoms with Crippen LogP contribution in [0.2, 0.25) is 0 Å². The molecule has 0 amide bonds. The Labute approximate surface area is 120 Å². The Hall–Kier alpha value is -2.27. The Bertz CT molecular complexity index is 756. The van der Waals surface area contributed by atoms with Gasteiger partial charge in [0.15, 0.2) is 0 Å². The number of aromatic hydroxyl groups is 1. The summed E-state index contributed by atoms with van der Waals surface area (Å²) in [6.45, 7) is 0. The molecule has 1 heterocycles. The van der Waals surface area contributed by atoms with Crippen molar-refractivity contribution >= 4 is 28.4 Å². The molecule has 0 bridgehead atoms. The number of benzene rings is 2. The van der Waals surface area contributed by atoms with Crippen molar-refractivity contribution in [2.75, 3.05) is 5.73 Å². The number of rotatable bonds is 3. The minimum absolute atomic E-state index is 0.255. The first-order valence-electron chi connectivity index (χ1n) is 6.14. The summed E-state index contributed by atoms with van der Waals surface area (Å²) in [5, 5.41) is 11.7. The lowest BCUT2D eigenvalue weighted by atomic mass is 10.2. The van der Waals surface area contributed by atoms with Crippen molar-refractivity contribution in [3.05, 3.63) is 54.4 Å². The molecule has 5 heteroatoms. The van der Waals surface area contributed by atoms with Gasteiger partial charge in [-0.25, -0.2) is 9.97 Å². The van der Waals surface area contributed by atoms with Gasteiger partial charge in [0.1, 0.15) is 17.1 Å². The lowest BCUT2D eigenvalue weighted by Crippen LogP contribution is -1.90. The van der Waals surface area contributed by atoms with Crippen molar-refractivity contribution in [1.29, 1.82) is 0 Å². The summed E-state index contributed by atoms with van der Waals surface area (Å²) in [6.07, 6.45) is 1.56. The summed E-state index contributed by atoms with van der Waals surface area (Å²) in [6, 6.07) is 13.0. The number of phenols is 1. The van der Waals surface area contributed by atoms with E-state index in [9.17, 15) is 5.11 Å². The van der Waals surface area contributed by atoms with Gasteiger partial charge in [-0.2, -0.15) is 0 Å². The minimum Gasteiger partial charge on any atom is -0.508 e. The van der Waals surface area contributed by atoms with E-state index in [2.05, 4.69) is 9.97 Å². The quantitative estimate of drug-likeness (QED) is 0.334. The molecule has 0 aliphatic rings. The van der Waals surface area contributed by atoms with Crippen molar-refractivity contribution in [2.24, 2.45) is 0 Å². The van der Waals surface area contributed by atoms with Gasteiger partial charge in [0.25, 0.3) is 0 Å². The van der Waals surface area contributed by atoms with Crippen LogP contribution in [0.15, 0.2) is 53.8 Å². The van der Waals surface area contributed by atoms with E-state index >= 15 is 0 Å². The molecule has 4 nitrogen and oxygen atoms in total. The first-order chi connectivity index (χ1) is 9.74. The summed E-state index contributed by atoms with van der Waals surface area (Å²) in [7, 11) is 0. The molecule has 0 unspecified atom stereocenters. The fraction of sp³-hybridized carbons (Fsp3) is 0.0667. The van der Waals surface area contributed by atoms with Crippen molar-refractivity contribution < 1.29 is 5.11 Å². The first-order valence-corrected chi connectivity index (χ1v) is 7.12. The van der Waals surface area contributed by atoms with Gasteiger partial charge in [0.05, 0.1) is 5.52 Å². The molecule has 0 aliphatic carbocycles. The van der Waals surface area contributed by atoms with Gasteiger partial charge in [-0.3, -0.25) is 0 Å². The molecule has 2 aromatic carbocycles. The number of fused-ring (bicyclic) bond motifs is 1. The molecule has 20 heavy (non-hydrogen) atoms. The molecule has 0 aliphatic heterocycles. The van der Waals surface area contributed by atoms with Gasteiger partial charge >= 0.3 is 0 Å². The summed E-state index contributed by atoms with van der Waals surface area (Å²) in [5.74, 6) is 0.864. The molecule has 0 atom stereocenters. The van der Waals surface area contributed by atoms with Crippen LogP contribution in [0.3, 0.4) is 0 Å².